The van der Waals surface area contributed by atoms with Crippen LogP contribution < -0.4 is 5.73 Å². The average molecular weight is 177 g/mol. The smallest absolute Gasteiger partial charge is 0.323 e. The first-order valence-corrected chi connectivity index (χ1v) is 3.52. The number of aliphatic carboxylic acids is 1. The van der Waals surface area contributed by atoms with Crippen molar-refractivity contribution >= 4 is 5.97 Å². The number of carbonyl (C=O) groups is 1. The van der Waals surface area contributed by atoms with E-state index in [-0.39, 0.29) is 6.42 Å². The van der Waals surface area contributed by atoms with E-state index < -0.39 is 30.5 Å². The molecule has 4 unspecified atom stereocenters. The van der Waals surface area contributed by atoms with Crippen molar-refractivity contribution in [3.63, 3.8) is 0 Å². The van der Waals surface area contributed by atoms with Crippen LogP contribution >= 0.6 is 0 Å². The molecule has 70 valence electrons. The van der Waals surface area contributed by atoms with Gasteiger partial charge >= 0.3 is 5.97 Å². The Bertz CT molecular complexity index is 175. The van der Waals surface area contributed by atoms with Gasteiger partial charge in [0, 0.05) is 6.42 Å². The molecule has 5 N–H and O–H groups in total. The van der Waals surface area contributed by atoms with E-state index in [4.69, 9.17) is 25.8 Å². The first kappa shape index (κ1) is 9.40. The maximum Gasteiger partial charge on any atom is 0.323 e. The molecule has 0 aliphatic carbocycles. The lowest BCUT2D eigenvalue weighted by Gasteiger charge is -2.13. The van der Waals surface area contributed by atoms with Crippen molar-refractivity contribution in [1.82, 2.24) is 0 Å². The lowest BCUT2D eigenvalue weighted by molar-refractivity contribution is -0.151. The van der Waals surface area contributed by atoms with Crippen molar-refractivity contribution in [2.24, 2.45) is 5.73 Å². The summed E-state index contributed by atoms with van der Waals surface area (Å²) in [6.45, 7) is 0. The Balaban J connectivity index is 2.51. The van der Waals surface area contributed by atoms with Crippen LogP contribution in [0.15, 0.2) is 0 Å². The van der Waals surface area contributed by atoms with Crippen molar-refractivity contribution in [2.45, 2.75) is 31.0 Å². The Labute approximate surface area is 68.6 Å². The summed E-state index contributed by atoms with van der Waals surface area (Å²) in [5, 5.41) is 26.3. The molecule has 6 nitrogen and oxygen atoms in total. The van der Waals surface area contributed by atoms with Gasteiger partial charge in [0.05, 0.1) is 6.10 Å². The van der Waals surface area contributed by atoms with Crippen molar-refractivity contribution in [2.75, 3.05) is 0 Å². The molecule has 1 heterocycles. The summed E-state index contributed by atoms with van der Waals surface area (Å²) in [5.41, 5.74) is 5.20. The summed E-state index contributed by atoms with van der Waals surface area (Å²) in [7, 11) is 0. The lowest BCUT2D eigenvalue weighted by Crippen LogP contribution is -2.41. The fourth-order valence-corrected chi connectivity index (χ4v) is 1.07. The number of rotatable bonds is 2. The summed E-state index contributed by atoms with van der Waals surface area (Å²) in [6, 6.07) is -1.20. The van der Waals surface area contributed by atoms with Gasteiger partial charge in [0.1, 0.15) is 12.1 Å². The van der Waals surface area contributed by atoms with Gasteiger partial charge in [-0.25, -0.2) is 0 Å². The van der Waals surface area contributed by atoms with Crippen molar-refractivity contribution in [3.05, 3.63) is 0 Å². The Kier molecular flexibility index (Phi) is 2.63. The molecule has 0 spiro atoms. The zero-order valence-corrected chi connectivity index (χ0v) is 6.25. The number of ether oxygens (including phenoxy) is 1. The van der Waals surface area contributed by atoms with E-state index in [1.54, 1.807) is 0 Å². The van der Waals surface area contributed by atoms with Gasteiger partial charge in [0.25, 0.3) is 0 Å². The first-order chi connectivity index (χ1) is 5.52. The Hall–Kier alpha value is -0.690. The Morgan fingerprint density at radius 1 is 1.58 bits per heavy atom. The third-order valence-electron chi connectivity index (χ3n) is 1.80. The Morgan fingerprint density at radius 2 is 2.17 bits per heavy atom. The number of aliphatic hydroxyl groups is 2. The van der Waals surface area contributed by atoms with Crippen LogP contribution in [0.4, 0.5) is 0 Å². The molecule has 1 aliphatic heterocycles. The standard InChI is InChI=1S/C6H11NO5/c7-4(5(9)10)3-1-2(8)6(11)12-3/h2-4,6,8,11H,1,7H2,(H,9,10). The second kappa shape index (κ2) is 3.36. The monoisotopic (exact) mass is 177 g/mol. The number of carboxylic acids is 1. The quantitative estimate of drug-likeness (QED) is 0.383. The molecule has 0 radical (unpaired) electrons. The first-order valence-electron chi connectivity index (χ1n) is 3.52. The molecule has 1 saturated heterocycles. The molecule has 0 aromatic carbocycles. The molecule has 1 rings (SSSR count). The Morgan fingerprint density at radius 3 is 2.50 bits per heavy atom. The van der Waals surface area contributed by atoms with E-state index in [2.05, 4.69) is 0 Å². The number of aliphatic hydroxyl groups excluding tert-OH is 2. The molecule has 1 fully saturated rings. The van der Waals surface area contributed by atoms with Crippen LogP contribution in [0.5, 0.6) is 0 Å². The minimum atomic E-state index is -1.32. The minimum absolute atomic E-state index is 0.0502. The van der Waals surface area contributed by atoms with Crippen molar-refractivity contribution in [3.8, 4) is 0 Å². The van der Waals surface area contributed by atoms with E-state index in [9.17, 15) is 4.79 Å². The number of carboxylic acid groups (broad SMARTS) is 1. The maximum absolute atomic E-state index is 10.3. The second-order valence-electron chi connectivity index (χ2n) is 2.73. The van der Waals surface area contributed by atoms with Gasteiger partial charge in [0.15, 0.2) is 6.29 Å². The van der Waals surface area contributed by atoms with Crippen LogP contribution in [0.25, 0.3) is 0 Å². The minimum Gasteiger partial charge on any atom is -0.480 e. The predicted octanol–water partition coefficient (Wildman–Crippen LogP) is -2.13. The molecule has 12 heavy (non-hydrogen) atoms. The summed E-state index contributed by atoms with van der Waals surface area (Å²) >= 11 is 0. The molecule has 4 atom stereocenters. The topological polar surface area (TPSA) is 113 Å². The summed E-state index contributed by atoms with van der Waals surface area (Å²) in [6.07, 6.45) is -3.12. The lowest BCUT2D eigenvalue weighted by atomic mass is 10.1. The zero-order valence-electron chi connectivity index (χ0n) is 6.25. The van der Waals surface area contributed by atoms with E-state index in [0.717, 1.165) is 0 Å². The van der Waals surface area contributed by atoms with Gasteiger partial charge in [-0.1, -0.05) is 0 Å². The second-order valence-corrected chi connectivity index (χ2v) is 2.73. The van der Waals surface area contributed by atoms with Gasteiger partial charge in [-0.3, -0.25) is 4.79 Å². The molecular formula is C6H11NO5. The van der Waals surface area contributed by atoms with E-state index in [1.807, 2.05) is 0 Å². The van der Waals surface area contributed by atoms with Crippen LogP contribution in [-0.4, -0.2) is 45.8 Å². The predicted molar refractivity (Wildman–Crippen MR) is 37.1 cm³/mol. The highest BCUT2D eigenvalue weighted by atomic mass is 16.6. The van der Waals surface area contributed by atoms with E-state index >= 15 is 0 Å². The van der Waals surface area contributed by atoms with Crippen molar-refractivity contribution in [1.29, 1.82) is 0 Å². The molecule has 0 bridgehead atoms. The number of nitrogens with two attached hydrogens (primary N) is 1. The fraction of sp³-hybridized carbons (Fsp3) is 0.833. The summed E-state index contributed by atoms with van der Waals surface area (Å²) in [5.74, 6) is -1.21. The molecule has 1 aliphatic rings. The normalized spacial score (nSPS) is 38.1. The number of hydrogen-bond acceptors (Lipinski definition) is 5. The van der Waals surface area contributed by atoms with Gasteiger partial charge in [-0.05, 0) is 0 Å². The number of hydrogen-bond donors (Lipinski definition) is 4. The fourth-order valence-electron chi connectivity index (χ4n) is 1.07. The molecule has 0 aromatic rings. The zero-order chi connectivity index (χ0) is 9.30. The van der Waals surface area contributed by atoms with Crippen LogP contribution in [0.2, 0.25) is 0 Å². The largest absolute Gasteiger partial charge is 0.480 e. The van der Waals surface area contributed by atoms with Crippen LogP contribution in [0.1, 0.15) is 6.42 Å². The molecule has 6 heteroatoms. The van der Waals surface area contributed by atoms with Crippen LogP contribution in [0.3, 0.4) is 0 Å². The molecular weight excluding hydrogens is 166 g/mol. The van der Waals surface area contributed by atoms with Gasteiger partial charge in [-0.15, -0.1) is 0 Å². The highest BCUT2D eigenvalue weighted by molar-refractivity contribution is 5.74. The average Bonchev–Trinajstić information content (AvgIpc) is 2.30. The maximum atomic E-state index is 10.3. The SMILES string of the molecule is NC(C(=O)O)C1CC(O)C(O)O1. The van der Waals surface area contributed by atoms with E-state index in [1.165, 1.54) is 0 Å². The van der Waals surface area contributed by atoms with Crippen LogP contribution in [-0.2, 0) is 9.53 Å². The van der Waals surface area contributed by atoms with E-state index in [0.29, 0.717) is 0 Å². The van der Waals surface area contributed by atoms with Crippen LogP contribution in [0, 0.1) is 0 Å². The third kappa shape index (κ3) is 1.72. The molecule has 0 aromatic heterocycles. The van der Waals surface area contributed by atoms with Gasteiger partial charge in [0.2, 0.25) is 0 Å². The summed E-state index contributed by atoms with van der Waals surface area (Å²) in [4.78, 5) is 10.3. The third-order valence-corrected chi connectivity index (χ3v) is 1.80. The highest BCUT2D eigenvalue weighted by Crippen LogP contribution is 2.20. The molecule has 0 saturated carbocycles. The van der Waals surface area contributed by atoms with Gasteiger partial charge < -0.3 is 25.8 Å². The van der Waals surface area contributed by atoms with Gasteiger partial charge in [-0.2, -0.15) is 0 Å². The summed E-state index contributed by atoms with van der Waals surface area (Å²) < 4.78 is 4.70. The highest BCUT2D eigenvalue weighted by Gasteiger charge is 2.38. The van der Waals surface area contributed by atoms with Crippen molar-refractivity contribution < 1.29 is 24.9 Å². The molecule has 0 amide bonds.